The molecule has 2 rings (SSSR count). The van der Waals surface area contributed by atoms with Crippen LogP contribution in [0, 0.1) is 0 Å². The molecule has 0 aromatic heterocycles. The van der Waals surface area contributed by atoms with E-state index in [0.717, 1.165) is 17.9 Å². The minimum Gasteiger partial charge on any atom is -0.396 e. The highest BCUT2D eigenvalue weighted by atomic mass is 32.2. The lowest BCUT2D eigenvalue weighted by Gasteiger charge is -2.20. The number of aliphatic hydroxyl groups excluding tert-OH is 1. The van der Waals surface area contributed by atoms with Crippen molar-refractivity contribution in [2.75, 3.05) is 12.4 Å². The maximum absolute atomic E-state index is 8.76. The second-order valence-electron chi connectivity index (χ2n) is 3.60. The Hall–Kier alpha value is -0.450. The molecule has 1 aliphatic rings. The molecule has 0 saturated heterocycles. The van der Waals surface area contributed by atoms with Gasteiger partial charge in [0.1, 0.15) is 0 Å². The number of hydrogen-bond acceptors (Lipinski definition) is 4. The smallest absolute Gasteiger partial charge is 0.0870 e. The number of thioether (sulfide) groups is 2. The van der Waals surface area contributed by atoms with E-state index in [4.69, 9.17) is 5.11 Å². The Kier molecular flexibility index (Phi) is 4.32. The van der Waals surface area contributed by atoms with Gasteiger partial charge in [0, 0.05) is 17.3 Å². The molecule has 0 aliphatic carbocycles. The highest BCUT2D eigenvalue weighted by molar-refractivity contribution is 8.16. The van der Waals surface area contributed by atoms with Crippen LogP contribution in [0.2, 0.25) is 0 Å². The zero-order chi connectivity index (χ0) is 11.4. The molecular weight excluding hydrogens is 238 g/mol. The van der Waals surface area contributed by atoms with Gasteiger partial charge in [0.2, 0.25) is 0 Å². The highest BCUT2D eigenvalue weighted by Gasteiger charge is 2.19. The topological polar surface area (TPSA) is 32.6 Å². The van der Waals surface area contributed by atoms with Gasteiger partial charge < -0.3 is 5.11 Å². The van der Waals surface area contributed by atoms with Gasteiger partial charge in [-0.3, -0.25) is 0 Å². The molecular formula is C12H15NOS2. The van der Waals surface area contributed by atoms with Crippen molar-refractivity contribution in [1.29, 1.82) is 0 Å². The van der Waals surface area contributed by atoms with Gasteiger partial charge >= 0.3 is 0 Å². The van der Waals surface area contributed by atoms with Gasteiger partial charge in [-0.25, -0.2) is 4.99 Å². The van der Waals surface area contributed by atoms with E-state index in [0.29, 0.717) is 5.25 Å². The third-order valence-corrected chi connectivity index (χ3v) is 4.86. The molecule has 0 spiro atoms. The standard InChI is InChI=1S/C12H15NOS2/c1-9-12(15-8-4-7-14)13-10-5-2-3-6-11(10)16-9/h2-3,5-6,9,14H,4,7-8H2,1H3. The van der Waals surface area contributed by atoms with Gasteiger partial charge in [-0.15, -0.1) is 23.5 Å². The van der Waals surface area contributed by atoms with Crippen LogP contribution in [0.3, 0.4) is 0 Å². The average molecular weight is 253 g/mol. The Morgan fingerprint density at radius 2 is 2.25 bits per heavy atom. The first-order chi connectivity index (χ1) is 7.81. The molecule has 0 saturated carbocycles. The lowest BCUT2D eigenvalue weighted by atomic mass is 10.3. The first-order valence-corrected chi connectivity index (χ1v) is 7.25. The number of para-hydroxylation sites is 1. The molecule has 1 unspecified atom stereocenters. The molecule has 2 nitrogen and oxygen atoms in total. The van der Waals surface area contributed by atoms with E-state index in [2.05, 4.69) is 30.1 Å². The number of benzene rings is 1. The quantitative estimate of drug-likeness (QED) is 0.839. The fourth-order valence-corrected chi connectivity index (χ4v) is 3.65. The molecule has 1 atom stereocenters. The predicted molar refractivity (Wildman–Crippen MR) is 73.0 cm³/mol. The molecule has 0 fully saturated rings. The summed E-state index contributed by atoms with van der Waals surface area (Å²) in [7, 11) is 0. The Balaban J connectivity index is 2.11. The van der Waals surface area contributed by atoms with Gasteiger partial charge in [-0.1, -0.05) is 12.1 Å². The molecule has 0 bridgehead atoms. The van der Waals surface area contributed by atoms with Crippen molar-refractivity contribution in [3.63, 3.8) is 0 Å². The molecule has 1 aromatic carbocycles. The van der Waals surface area contributed by atoms with E-state index >= 15 is 0 Å². The van der Waals surface area contributed by atoms with E-state index < -0.39 is 0 Å². The van der Waals surface area contributed by atoms with Crippen LogP contribution in [0.5, 0.6) is 0 Å². The summed E-state index contributed by atoms with van der Waals surface area (Å²) in [4.78, 5) is 5.94. The van der Waals surface area contributed by atoms with Crippen LogP contribution in [-0.2, 0) is 0 Å². The van der Waals surface area contributed by atoms with E-state index in [1.54, 1.807) is 11.8 Å². The normalized spacial score (nSPS) is 19.1. The third kappa shape index (κ3) is 2.81. The SMILES string of the molecule is CC1Sc2ccccc2N=C1SCCCO. The molecule has 0 amide bonds. The van der Waals surface area contributed by atoms with Crippen LogP contribution in [0.4, 0.5) is 5.69 Å². The van der Waals surface area contributed by atoms with Crippen LogP contribution in [-0.4, -0.2) is 27.8 Å². The van der Waals surface area contributed by atoms with Crippen molar-refractivity contribution in [1.82, 2.24) is 0 Å². The van der Waals surface area contributed by atoms with E-state index in [-0.39, 0.29) is 6.61 Å². The molecule has 4 heteroatoms. The zero-order valence-corrected chi connectivity index (χ0v) is 10.9. The Labute approximate surface area is 105 Å². The van der Waals surface area contributed by atoms with Crippen LogP contribution in [0.25, 0.3) is 0 Å². The lowest BCUT2D eigenvalue weighted by molar-refractivity contribution is 0.296. The second kappa shape index (κ2) is 5.75. The molecule has 16 heavy (non-hydrogen) atoms. The summed E-state index contributed by atoms with van der Waals surface area (Å²) in [6.07, 6.45) is 0.836. The van der Waals surface area contributed by atoms with Crippen LogP contribution >= 0.6 is 23.5 Å². The summed E-state index contributed by atoms with van der Waals surface area (Å²) in [6, 6.07) is 8.25. The summed E-state index contributed by atoms with van der Waals surface area (Å²) < 4.78 is 0. The molecule has 1 N–H and O–H groups in total. The van der Waals surface area contributed by atoms with Crippen molar-refractivity contribution in [2.45, 2.75) is 23.5 Å². The van der Waals surface area contributed by atoms with E-state index in [1.165, 1.54) is 9.94 Å². The van der Waals surface area contributed by atoms with Crippen LogP contribution in [0.1, 0.15) is 13.3 Å². The second-order valence-corrected chi connectivity index (χ2v) is 6.10. The Morgan fingerprint density at radius 3 is 3.06 bits per heavy atom. The van der Waals surface area contributed by atoms with Gasteiger partial charge in [0.05, 0.1) is 16.0 Å². The number of aliphatic hydroxyl groups is 1. The molecule has 1 aromatic rings. The first kappa shape index (κ1) is 12.0. The Morgan fingerprint density at radius 1 is 1.44 bits per heavy atom. The molecule has 1 aliphatic heterocycles. The number of hydrogen-bond donors (Lipinski definition) is 1. The summed E-state index contributed by atoms with van der Waals surface area (Å²) in [6.45, 7) is 2.45. The van der Waals surface area contributed by atoms with Crippen molar-refractivity contribution in [3.05, 3.63) is 24.3 Å². The minimum atomic E-state index is 0.262. The highest BCUT2D eigenvalue weighted by Crippen LogP contribution is 2.39. The first-order valence-electron chi connectivity index (χ1n) is 5.39. The number of aliphatic imine (C=N–C) groups is 1. The summed E-state index contributed by atoms with van der Waals surface area (Å²) in [5.41, 5.74) is 1.08. The fraction of sp³-hybridized carbons (Fsp3) is 0.417. The Bertz CT molecular complexity index is 392. The summed E-state index contributed by atoms with van der Waals surface area (Å²) in [5, 5.41) is 10.4. The van der Waals surface area contributed by atoms with Gasteiger partial charge in [0.25, 0.3) is 0 Å². The van der Waals surface area contributed by atoms with E-state index in [1.807, 2.05) is 17.8 Å². The zero-order valence-electron chi connectivity index (χ0n) is 9.22. The number of nitrogens with zero attached hydrogens (tertiary/aromatic N) is 1. The largest absolute Gasteiger partial charge is 0.396 e. The molecule has 1 heterocycles. The van der Waals surface area contributed by atoms with Crippen molar-refractivity contribution < 1.29 is 5.11 Å². The number of fused-ring (bicyclic) bond motifs is 1. The maximum Gasteiger partial charge on any atom is 0.0870 e. The van der Waals surface area contributed by atoms with Crippen LogP contribution < -0.4 is 0 Å². The van der Waals surface area contributed by atoms with E-state index in [9.17, 15) is 0 Å². The van der Waals surface area contributed by atoms with Crippen LogP contribution in [0.15, 0.2) is 34.2 Å². The van der Waals surface area contributed by atoms with Gasteiger partial charge in [0.15, 0.2) is 0 Å². The maximum atomic E-state index is 8.76. The molecule has 0 radical (unpaired) electrons. The third-order valence-electron chi connectivity index (χ3n) is 2.30. The van der Waals surface area contributed by atoms with Crippen molar-refractivity contribution in [2.24, 2.45) is 4.99 Å². The minimum absolute atomic E-state index is 0.262. The van der Waals surface area contributed by atoms with Gasteiger partial charge in [-0.05, 0) is 25.5 Å². The van der Waals surface area contributed by atoms with Crippen molar-refractivity contribution in [3.8, 4) is 0 Å². The van der Waals surface area contributed by atoms with Crippen molar-refractivity contribution >= 4 is 34.3 Å². The number of rotatable bonds is 3. The summed E-state index contributed by atoms with van der Waals surface area (Å²) >= 11 is 3.63. The lowest BCUT2D eigenvalue weighted by Crippen LogP contribution is -2.13. The summed E-state index contributed by atoms with van der Waals surface area (Å²) in [5.74, 6) is 0.947. The fourth-order valence-electron chi connectivity index (χ4n) is 1.49. The molecule has 86 valence electrons. The average Bonchev–Trinajstić information content (AvgIpc) is 2.30. The van der Waals surface area contributed by atoms with Gasteiger partial charge in [-0.2, -0.15) is 0 Å². The predicted octanol–water partition coefficient (Wildman–Crippen LogP) is 3.33. The monoisotopic (exact) mass is 253 g/mol.